The van der Waals surface area contributed by atoms with Gasteiger partial charge >= 0.3 is 5.69 Å². The second kappa shape index (κ2) is 4.88. The second-order valence-electron chi connectivity index (χ2n) is 4.09. The molecule has 7 nitrogen and oxygen atoms in total. The lowest BCUT2D eigenvalue weighted by atomic mass is 10.4. The van der Waals surface area contributed by atoms with E-state index in [1.165, 1.54) is 10.8 Å². The molecule has 18 heavy (non-hydrogen) atoms. The van der Waals surface area contributed by atoms with Crippen LogP contribution in [0, 0.1) is 6.92 Å². The first-order chi connectivity index (χ1) is 8.51. The average molecular weight is 274 g/mol. The predicted octanol–water partition coefficient (Wildman–Crippen LogP) is -1.21. The van der Waals surface area contributed by atoms with Crippen molar-refractivity contribution in [2.75, 3.05) is 19.8 Å². The minimum atomic E-state index is -1.09. The fraction of sp³-hybridized carbons (Fsp3) is 0.600. The number of nitrogens with zero attached hydrogens (tertiary/aromatic N) is 1. The van der Waals surface area contributed by atoms with Crippen LogP contribution in [0.15, 0.2) is 15.8 Å². The van der Waals surface area contributed by atoms with E-state index in [2.05, 4.69) is 4.98 Å². The van der Waals surface area contributed by atoms with Gasteiger partial charge in [0, 0.05) is 11.8 Å². The Labute approximate surface area is 106 Å². The molecular weight excluding hydrogens is 260 g/mol. The number of ether oxygens (including phenoxy) is 1. The van der Waals surface area contributed by atoms with E-state index in [9.17, 15) is 19.8 Å². The molecule has 1 aromatic rings. The summed E-state index contributed by atoms with van der Waals surface area (Å²) in [6.07, 6.45) is 1.45. The summed E-state index contributed by atoms with van der Waals surface area (Å²) in [6, 6.07) is 0. The standard InChI is InChI=1S/C10H14N2O5S/c1-6-2-12(9(16)11-8(6)15)7-3-17-10(4-13,5-14)18-7/h2,7,13-14H,3-5H2,1H3,(H,11,15,16)/t7-/m1/s1. The first kappa shape index (κ1) is 13.3. The molecule has 0 bridgehead atoms. The molecule has 0 aromatic carbocycles. The smallest absolute Gasteiger partial charge is 0.329 e. The van der Waals surface area contributed by atoms with E-state index in [-0.39, 0.29) is 25.2 Å². The van der Waals surface area contributed by atoms with Gasteiger partial charge in [-0.15, -0.1) is 0 Å². The Kier molecular flexibility index (Phi) is 3.62. The van der Waals surface area contributed by atoms with Gasteiger partial charge in [0.25, 0.3) is 5.56 Å². The van der Waals surface area contributed by atoms with Gasteiger partial charge in [-0.05, 0) is 6.92 Å². The van der Waals surface area contributed by atoms with Crippen LogP contribution in [0.3, 0.4) is 0 Å². The Morgan fingerprint density at radius 3 is 2.78 bits per heavy atom. The van der Waals surface area contributed by atoms with Gasteiger partial charge in [-0.2, -0.15) is 0 Å². The zero-order chi connectivity index (χ0) is 13.3. The van der Waals surface area contributed by atoms with Crippen molar-refractivity contribution < 1.29 is 14.9 Å². The molecule has 1 aliphatic heterocycles. The van der Waals surface area contributed by atoms with Crippen molar-refractivity contribution in [1.29, 1.82) is 0 Å². The van der Waals surface area contributed by atoms with E-state index in [0.29, 0.717) is 5.56 Å². The Bertz CT molecular complexity index is 548. The predicted molar refractivity (Wildman–Crippen MR) is 65.5 cm³/mol. The number of aryl methyl sites for hydroxylation is 1. The second-order valence-corrected chi connectivity index (χ2v) is 5.61. The molecule has 0 amide bonds. The lowest BCUT2D eigenvalue weighted by Gasteiger charge is -2.22. The maximum absolute atomic E-state index is 11.7. The summed E-state index contributed by atoms with van der Waals surface area (Å²) in [5, 5.41) is 18.0. The molecular formula is C10H14N2O5S. The summed E-state index contributed by atoms with van der Waals surface area (Å²) >= 11 is 1.16. The van der Waals surface area contributed by atoms with Gasteiger partial charge in [0.15, 0.2) is 4.93 Å². The van der Waals surface area contributed by atoms with Gasteiger partial charge in [0.1, 0.15) is 5.37 Å². The number of aliphatic hydroxyl groups excluding tert-OH is 2. The molecule has 2 rings (SSSR count). The van der Waals surface area contributed by atoms with Crippen molar-refractivity contribution in [3.05, 3.63) is 32.6 Å². The van der Waals surface area contributed by atoms with Crippen molar-refractivity contribution in [3.8, 4) is 0 Å². The molecule has 1 atom stereocenters. The largest absolute Gasteiger partial charge is 0.392 e. The van der Waals surface area contributed by atoms with E-state index in [4.69, 9.17) is 4.74 Å². The first-order valence-electron chi connectivity index (χ1n) is 5.37. The van der Waals surface area contributed by atoms with E-state index < -0.39 is 16.2 Å². The average Bonchev–Trinajstić information content (AvgIpc) is 2.79. The van der Waals surface area contributed by atoms with E-state index >= 15 is 0 Å². The highest BCUT2D eigenvalue weighted by molar-refractivity contribution is 8.00. The molecule has 0 radical (unpaired) electrons. The Morgan fingerprint density at radius 1 is 1.56 bits per heavy atom. The van der Waals surface area contributed by atoms with Gasteiger partial charge < -0.3 is 14.9 Å². The van der Waals surface area contributed by atoms with Crippen molar-refractivity contribution in [1.82, 2.24) is 9.55 Å². The molecule has 1 aromatic heterocycles. The molecule has 1 saturated heterocycles. The third-order valence-electron chi connectivity index (χ3n) is 2.78. The van der Waals surface area contributed by atoms with Gasteiger partial charge in [-0.1, -0.05) is 11.8 Å². The maximum atomic E-state index is 11.7. The van der Waals surface area contributed by atoms with Gasteiger partial charge in [0.2, 0.25) is 0 Å². The molecule has 8 heteroatoms. The molecule has 0 unspecified atom stereocenters. The SMILES string of the molecule is Cc1cn([C@H]2COC(CO)(CO)S2)c(=O)[nH]c1=O. The zero-order valence-electron chi connectivity index (χ0n) is 9.75. The number of hydrogen-bond donors (Lipinski definition) is 3. The highest BCUT2D eigenvalue weighted by Gasteiger charge is 2.41. The van der Waals surface area contributed by atoms with Crippen LogP contribution in [0.2, 0.25) is 0 Å². The summed E-state index contributed by atoms with van der Waals surface area (Å²) in [4.78, 5) is 24.1. The van der Waals surface area contributed by atoms with Crippen molar-refractivity contribution in [2.45, 2.75) is 17.2 Å². The monoisotopic (exact) mass is 274 g/mol. The highest BCUT2D eigenvalue weighted by atomic mass is 32.2. The van der Waals surface area contributed by atoms with E-state index in [0.717, 1.165) is 11.8 Å². The molecule has 2 heterocycles. The maximum Gasteiger partial charge on any atom is 0.329 e. The lowest BCUT2D eigenvalue weighted by molar-refractivity contribution is -0.0330. The summed E-state index contributed by atoms with van der Waals surface area (Å²) in [7, 11) is 0. The minimum absolute atomic E-state index is 0.178. The first-order valence-corrected chi connectivity index (χ1v) is 6.25. The summed E-state index contributed by atoms with van der Waals surface area (Å²) in [5.74, 6) is 0. The van der Waals surface area contributed by atoms with Crippen molar-refractivity contribution in [3.63, 3.8) is 0 Å². The number of aromatic nitrogens is 2. The Balaban J connectivity index is 2.33. The molecule has 0 saturated carbocycles. The van der Waals surface area contributed by atoms with Crippen LogP contribution in [0.5, 0.6) is 0 Å². The molecule has 1 aliphatic rings. The molecule has 0 aliphatic carbocycles. The minimum Gasteiger partial charge on any atom is -0.392 e. The number of aliphatic hydroxyl groups is 2. The molecule has 0 spiro atoms. The van der Waals surface area contributed by atoms with Crippen molar-refractivity contribution >= 4 is 11.8 Å². The number of hydrogen-bond acceptors (Lipinski definition) is 6. The van der Waals surface area contributed by atoms with E-state index in [1.807, 2.05) is 0 Å². The third kappa shape index (κ3) is 2.24. The van der Waals surface area contributed by atoms with Gasteiger partial charge in [-0.25, -0.2) is 4.79 Å². The molecule has 100 valence electrons. The molecule has 1 fully saturated rings. The topological polar surface area (TPSA) is 105 Å². The number of H-pyrrole nitrogens is 1. The highest BCUT2D eigenvalue weighted by Crippen LogP contribution is 2.42. The van der Waals surface area contributed by atoms with Crippen LogP contribution in [-0.2, 0) is 4.74 Å². The van der Waals surface area contributed by atoms with Crippen LogP contribution in [0.1, 0.15) is 10.9 Å². The fourth-order valence-electron chi connectivity index (χ4n) is 1.69. The van der Waals surface area contributed by atoms with Crippen LogP contribution in [0.25, 0.3) is 0 Å². The lowest BCUT2D eigenvalue weighted by Crippen LogP contribution is -2.34. The normalized spacial score (nSPS) is 22.3. The summed E-state index contributed by atoms with van der Waals surface area (Å²) < 4.78 is 6.68. The van der Waals surface area contributed by atoms with Crippen LogP contribution >= 0.6 is 11.8 Å². The third-order valence-corrected chi connectivity index (χ3v) is 4.22. The van der Waals surface area contributed by atoms with Gasteiger partial charge in [-0.3, -0.25) is 14.3 Å². The summed E-state index contributed by atoms with van der Waals surface area (Å²) in [5.41, 5.74) is -0.533. The number of rotatable bonds is 3. The van der Waals surface area contributed by atoms with Crippen LogP contribution in [0.4, 0.5) is 0 Å². The number of aromatic amines is 1. The molecule has 3 N–H and O–H groups in total. The fourth-order valence-corrected chi connectivity index (χ4v) is 2.88. The van der Waals surface area contributed by atoms with Gasteiger partial charge in [0.05, 0.1) is 19.8 Å². The number of nitrogens with one attached hydrogen (secondary N) is 1. The zero-order valence-corrected chi connectivity index (χ0v) is 10.6. The Morgan fingerprint density at radius 2 is 2.22 bits per heavy atom. The van der Waals surface area contributed by atoms with E-state index in [1.54, 1.807) is 6.92 Å². The Hall–Kier alpha value is -1.09. The summed E-state index contributed by atoms with van der Waals surface area (Å²) in [6.45, 7) is 1.08. The quantitative estimate of drug-likeness (QED) is 0.639. The number of thioether (sulfide) groups is 1. The van der Waals surface area contributed by atoms with Crippen molar-refractivity contribution in [2.24, 2.45) is 0 Å². The van der Waals surface area contributed by atoms with Crippen LogP contribution in [-0.4, -0.2) is 44.5 Å². The van der Waals surface area contributed by atoms with Crippen LogP contribution < -0.4 is 11.2 Å².